The molecule has 1 saturated heterocycles. The highest BCUT2D eigenvalue weighted by atomic mass is 16.5. The molecule has 0 unspecified atom stereocenters. The van der Waals surface area contributed by atoms with Crippen LogP contribution in [-0.4, -0.2) is 47.0 Å². The van der Waals surface area contributed by atoms with Crippen LogP contribution < -0.4 is 14.5 Å². The number of hydrogen-bond donors (Lipinski definition) is 0. The van der Waals surface area contributed by atoms with Gasteiger partial charge in [-0.2, -0.15) is 0 Å². The first kappa shape index (κ1) is 13.3. The lowest BCUT2D eigenvalue weighted by molar-refractivity contribution is 0.122. The van der Waals surface area contributed by atoms with Gasteiger partial charge in [-0.25, -0.2) is 0 Å². The van der Waals surface area contributed by atoms with Gasteiger partial charge >= 0.3 is 0 Å². The molecule has 1 aromatic carbocycles. The summed E-state index contributed by atoms with van der Waals surface area (Å²) in [5.74, 6) is 0.954. The SMILES string of the molecule is COc1cc(N2CCOCC2)cc2c1C=C(C)CN2C. The van der Waals surface area contributed by atoms with E-state index in [1.165, 1.54) is 22.5 Å². The minimum absolute atomic E-state index is 0.800. The number of benzene rings is 1. The number of methoxy groups -OCH3 is 1. The van der Waals surface area contributed by atoms with E-state index in [1.54, 1.807) is 7.11 Å². The Balaban J connectivity index is 2.04. The van der Waals surface area contributed by atoms with Crippen molar-refractivity contribution in [2.75, 3.05) is 56.8 Å². The van der Waals surface area contributed by atoms with Crippen molar-refractivity contribution in [1.82, 2.24) is 0 Å². The Morgan fingerprint density at radius 2 is 1.95 bits per heavy atom. The molecule has 0 atom stereocenters. The third-order valence-electron chi connectivity index (χ3n) is 3.99. The Morgan fingerprint density at radius 3 is 2.65 bits per heavy atom. The van der Waals surface area contributed by atoms with Gasteiger partial charge in [-0.05, 0) is 19.1 Å². The molecule has 20 heavy (non-hydrogen) atoms. The highest BCUT2D eigenvalue weighted by Gasteiger charge is 2.20. The van der Waals surface area contributed by atoms with Gasteiger partial charge in [0.1, 0.15) is 5.75 Å². The lowest BCUT2D eigenvalue weighted by Gasteiger charge is -2.33. The van der Waals surface area contributed by atoms with E-state index < -0.39 is 0 Å². The maximum Gasteiger partial charge on any atom is 0.130 e. The van der Waals surface area contributed by atoms with E-state index in [9.17, 15) is 0 Å². The Bertz CT molecular complexity index is 534. The molecule has 1 aromatic rings. The molecule has 0 aromatic heterocycles. The van der Waals surface area contributed by atoms with Crippen molar-refractivity contribution in [2.24, 2.45) is 0 Å². The number of morpholine rings is 1. The second-order valence-corrected chi connectivity index (χ2v) is 5.53. The Morgan fingerprint density at radius 1 is 1.20 bits per heavy atom. The zero-order valence-electron chi connectivity index (χ0n) is 12.5. The summed E-state index contributed by atoms with van der Waals surface area (Å²) in [6, 6.07) is 4.42. The van der Waals surface area contributed by atoms with Crippen LogP contribution in [0.15, 0.2) is 17.7 Å². The van der Waals surface area contributed by atoms with Crippen LogP contribution in [0.3, 0.4) is 0 Å². The van der Waals surface area contributed by atoms with Gasteiger partial charge in [0.05, 0.1) is 20.3 Å². The molecule has 0 N–H and O–H groups in total. The summed E-state index contributed by atoms with van der Waals surface area (Å²) in [7, 11) is 3.88. The number of hydrogen-bond acceptors (Lipinski definition) is 4. The van der Waals surface area contributed by atoms with Gasteiger partial charge in [0, 0.05) is 49.7 Å². The molecule has 4 heteroatoms. The first-order chi connectivity index (χ1) is 9.69. The van der Waals surface area contributed by atoms with Crippen molar-refractivity contribution in [3.8, 4) is 5.75 Å². The fourth-order valence-corrected chi connectivity index (χ4v) is 2.98. The summed E-state index contributed by atoms with van der Waals surface area (Å²) >= 11 is 0. The van der Waals surface area contributed by atoms with E-state index in [-0.39, 0.29) is 0 Å². The quantitative estimate of drug-likeness (QED) is 0.826. The third-order valence-corrected chi connectivity index (χ3v) is 3.99. The van der Waals surface area contributed by atoms with Gasteiger partial charge in [-0.15, -0.1) is 0 Å². The number of ether oxygens (including phenoxy) is 2. The van der Waals surface area contributed by atoms with Crippen LogP contribution in [0.4, 0.5) is 11.4 Å². The van der Waals surface area contributed by atoms with Gasteiger partial charge in [0.15, 0.2) is 0 Å². The van der Waals surface area contributed by atoms with Gasteiger partial charge in [-0.3, -0.25) is 0 Å². The topological polar surface area (TPSA) is 24.9 Å². The number of likely N-dealkylation sites (N-methyl/N-ethyl adjacent to an activating group) is 1. The maximum atomic E-state index is 5.61. The molecule has 1 fully saturated rings. The van der Waals surface area contributed by atoms with Gasteiger partial charge in [0.25, 0.3) is 0 Å². The zero-order chi connectivity index (χ0) is 14.1. The molecule has 2 heterocycles. The Labute approximate surface area is 120 Å². The molecular formula is C16H22N2O2. The summed E-state index contributed by atoms with van der Waals surface area (Å²) in [5.41, 5.74) is 5.02. The van der Waals surface area contributed by atoms with E-state index in [0.717, 1.165) is 38.6 Å². The van der Waals surface area contributed by atoms with Crippen LogP contribution in [0.5, 0.6) is 5.75 Å². The fraction of sp³-hybridized carbons (Fsp3) is 0.500. The lowest BCUT2D eigenvalue weighted by atomic mass is 10.0. The van der Waals surface area contributed by atoms with Crippen LogP contribution in [0, 0.1) is 0 Å². The van der Waals surface area contributed by atoms with Crippen LogP contribution in [0.2, 0.25) is 0 Å². The van der Waals surface area contributed by atoms with Crippen molar-refractivity contribution in [3.63, 3.8) is 0 Å². The fourth-order valence-electron chi connectivity index (χ4n) is 2.98. The van der Waals surface area contributed by atoms with E-state index in [0.29, 0.717) is 0 Å². The van der Waals surface area contributed by atoms with Gasteiger partial charge in [-0.1, -0.05) is 5.57 Å². The normalized spacial score (nSPS) is 18.6. The van der Waals surface area contributed by atoms with Crippen molar-refractivity contribution < 1.29 is 9.47 Å². The maximum absolute atomic E-state index is 5.61. The van der Waals surface area contributed by atoms with E-state index in [2.05, 4.69) is 42.0 Å². The monoisotopic (exact) mass is 274 g/mol. The van der Waals surface area contributed by atoms with Crippen LogP contribution in [0.1, 0.15) is 12.5 Å². The summed E-state index contributed by atoms with van der Waals surface area (Å²) < 4.78 is 11.0. The average Bonchev–Trinajstić information content (AvgIpc) is 2.47. The smallest absolute Gasteiger partial charge is 0.130 e. The molecular weight excluding hydrogens is 252 g/mol. The molecule has 3 rings (SSSR count). The van der Waals surface area contributed by atoms with Crippen molar-refractivity contribution in [2.45, 2.75) is 6.92 Å². The van der Waals surface area contributed by atoms with Gasteiger partial charge < -0.3 is 19.3 Å². The minimum atomic E-state index is 0.800. The summed E-state index contributed by atoms with van der Waals surface area (Å²) in [6.07, 6.45) is 2.23. The first-order valence-electron chi connectivity index (χ1n) is 7.12. The highest BCUT2D eigenvalue weighted by Crippen LogP contribution is 2.39. The Hall–Kier alpha value is -1.68. The number of anilines is 2. The van der Waals surface area contributed by atoms with Crippen LogP contribution >= 0.6 is 0 Å². The van der Waals surface area contributed by atoms with Gasteiger partial charge in [0.2, 0.25) is 0 Å². The molecule has 108 valence electrons. The summed E-state index contributed by atoms with van der Waals surface area (Å²) in [4.78, 5) is 4.66. The lowest BCUT2D eigenvalue weighted by Crippen LogP contribution is -2.36. The zero-order valence-corrected chi connectivity index (χ0v) is 12.5. The van der Waals surface area contributed by atoms with Crippen LogP contribution in [-0.2, 0) is 4.74 Å². The standard InChI is InChI=1S/C16H22N2O2/c1-12-8-14-15(17(2)11-12)9-13(10-16(14)19-3)18-4-6-20-7-5-18/h8-10H,4-7,11H2,1-3H3. The van der Waals surface area contributed by atoms with E-state index >= 15 is 0 Å². The molecule has 0 amide bonds. The number of fused-ring (bicyclic) bond motifs is 1. The van der Waals surface area contributed by atoms with Crippen molar-refractivity contribution in [1.29, 1.82) is 0 Å². The number of nitrogens with zero attached hydrogens (tertiary/aromatic N) is 2. The molecule has 2 aliphatic heterocycles. The summed E-state index contributed by atoms with van der Waals surface area (Å²) in [6.45, 7) is 6.63. The molecule has 0 spiro atoms. The first-order valence-corrected chi connectivity index (χ1v) is 7.12. The predicted molar refractivity (Wildman–Crippen MR) is 82.9 cm³/mol. The third kappa shape index (κ3) is 2.36. The minimum Gasteiger partial charge on any atom is -0.496 e. The summed E-state index contributed by atoms with van der Waals surface area (Å²) in [5, 5.41) is 0. The predicted octanol–water partition coefficient (Wildman–Crippen LogP) is 2.38. The second kappa shape index (κ2) is 5.37. The average molecular weight is 274 g/mol. The molecule has 0 radical (unpaired) electrons. The molecule has 0 saturated carbocycles. The van der Waals surface area contributed by atoms with Crippen LogP contribution in [0.25, 0.3) is 6.08 Å². The van der Waals surface area contributed by atoms with Crippen molar-refractivity contribution in [3.05, 3.63) is 23.3 Å². The molecule has 0 aliphatic carbocycles. The molecule has 0 bridgehead atoms. The largest absolute Gasteiger partial charge is 0.496 e. The van der Waals surface area contributed by atoms with E-state index in [1.807, 2.05) is 0 Å². The Kier molecular flexibility index (Phi) is 3.57. The highest BCUT2D eigenvalue weighted by molar-refractivity contribution is 5.81. The van der Waals surface area contributed by atoms with E-state index in [4.69, 9.17) is 9.47 Å². The second-order valence-electron chi connectivity index (χ2n) is 5.53. The molecule has 4 nitrogen and oxygen atoms in total. The van der Waals surface area contributed by atoms with Crippen molar-refractivity contribution >= 4 is 17.5 Å². The number of rotatable bonds is 2. The molecule has 2 aliphatic rings.